The van der Waals surface area contributed by atoms with Crippen molar-refractivity contribution < 1.29 is 9.90 Å². The summed E-state index contributed by atoms with van der Waals surface area (Å²) in [6.07, 6.45) is 1.64. The normalized spacial score (nSPS) is 17.5. The molecule has 1 fully saturated rings. The highest BCUT2D eigenvalue weighted by atomic mass is 35.5. The molecule has 1 saturated carbocycles. The standard InChI is InChI=1S/C8H10ClN3O2S/c9-8-12-11-7(15-8)6(14)10-3-5(13)4-1-2-4/h4-5,13H,1-3H2,(H,10,14). The summed E-state index contributed by atoms with van der Waals surface area (Å²) in [4.78, 5) is 11.4. The maximum absolute atomic E-state index is 11.4. The molecule has 0 spiro atoms. The van der Waals surface area contributed by atoms with Crippen LogP contribution in [0.1, 0.15) is 22.6 Å². The first-order valence-corrected chi connectivity index (χ1v) is 5.81. The van der Waals surface area contributed by atoms with Gasteiger partial charge in [0.25, 0.3) is 5.91 Å². The summed E-state index contributed by atoms with van der Waals surface area (Å²) in [5, 5.41) is 19.5. The Labute approximate surface area is 95.5 Å². The average molecular weight is 248 g/mol. The second-order valence-corrected chi connectivity index (χ2v) is 5.03. The largest absolute Gasteiger partial charge is 0.391 e. The van der Waals surface area contributed by atoms with E-state index in [1.165, 1.54) is 0 Å². The van der Waals surface area contributed by atoms with Crippen molar-refractivity contribution in [3.8, 4) is 0 Å². The number of amides is 1. The molecular formula is C8H10ClN3O2S. The number of rotatable bonds is 4. The van der Waals surface area contributed by atoms with Crippen molar-refractivity contribution >= 4 is 28.8 Å². The second kappa shape index (κ2) is 4.42. The minimum absolute atomic E-state index is 0.225. The van der Waals surface area contributed by atoms with Crippen LogP contribution in [0.5, 0.6) is 0 Å². The lowest BCUT2D eigenvalue weighted by Gasteiger charge is -2.08. The lowest BCUT2D eigenvalue weighted by Crippen LogP contribution is -2.33. The summed E-state index contributed by atoms with van der Waals surface area (Å²) in [7, 11) is 0. The van der Waals surface area contributed by atoms with Crippen LogP contribution in [0.2, 0.25) is 4.47 Å². The van der Waals surface area contributed by atoms with E-state index in [4.69, 9.17) is 11.6 Å². The van der Waals surface area contributed by atoms with E-state index in [9.17, 15) is 9.90 Å². The van der Waals surface area contributed by atoms with Crippen LogP contribution in [0, 0.1) is 5.92 Å². The molecule has 7 heteroatoms. The number of carbonyl (C=O) groups is 1. The van der Waals surface area contributed by atoms with Crippen molar-refractivity contribution in [2.45, 2.75) is 18.9 Å². The molecule has 1 heterocycles. The topological polar surface area (TPSA) is 75.1 Å². The van der Waals surface area contributed by atoms with Gasteiger partial charge in [-0.3, -0.25) is 4.79 Å². The van der Waals surface area contributed by atoms with E-state index in [1.807, 2.05) is 0 Å². The zero-order chi connectivity index (χ0) is 10.8. The average Bonchev–Trinajstić information content (AvgIpc) is 2.97. The number of nitrogens with zero attached hydrogens (tertiary/aromatic N) is 2. The molecule has 1 aliphatic rings. The first kappa shape index (κ1) is 10.8. The van der Waals surface area contributed by atoms with Gasteiger partial charge in [0, 0.05) is 6.54 Å². The summed E-state index contributed by atoms with van der Waals surface area (Å²) in [6, 6.07) is 0. The number of nitrogens with one attached hydrogen (secondary N) is 1. The Bertz CT molecular complexity index is 367. The van der Waals surface area contributed by atoms with E-state index in [-0.39, 0.29) is 21.9 Å². The molecule has 2 N–H and O–H groups in total. The van der Waals surface area contributed by atoms with Crippen molar-refractivity contribution in [1.29, 1.82) is 0 Å². The van der Waals surface area contributed by atoms with Crippen LogP contribution in [0.4, 0.5) is 0 Å². The van der Waals surface area contributed by atoms with Gasteiger partial charge in [0.15, 0.2) is 0 Å². The van der Waals surface area contributed by atoms with Crippen molar-refractivity contribution in [3.05, 3.63) is 9.47 Å². The third-order valence-corrected chi connectivity index (χ3v) is 3.25. The Balaban J connectivity index is 1.81. The zero-order valence-corrected chi connectivity index (χ0v) is 9.38. The number of aliphatic hydroxyl groups excluding tert-OH is 1. The van der Waals surface area contributed by atoms with Gasteiger partial charge in [-0.2, -0.15) is 0 Å². The predicted molar refractivity (Wildman–Crippen MR) is 56.0 cm³/mol. The maximum Gasteiger partial charge on any atom is 0.282 e. The van der Waals surface area contributed by atoms with Crippen molar-refractivity contribution in [2.24, 2.45) is 5.92 Å². The fourth-order valence-corrected chi connectivity index (χ4v) is 1.96. The van der Waals surface area contributed by atoms with Gasteiger partial charge in [0.05, 0.1) is 6.10 Å². The zero-order valence-electron chi connectivity index (χ0n) is 7.81. The van der Waals surface area contributed by atoms with Crippen LogP contribution in [-0.2, 0) is 0 Å². The molecule has 0 aromatic carbocycles. The quantitative estimate of drug-likeness (QED) is 0.821. The van der Waals surface area contributed by atoms with Crippen molar-refractivity contribution in [2.75, 3.05) is 6.54 Å². The maximum atomic E-state index is 11.4. The van der Waals surface area contributed by atoms with Gasteiger partial charge in [-0.15, -0.1) is 10.2 Å². The number of aromatic nitrogens is 2. The molecule has 1 unspecified atom stereocenters. The van der Waals surface area contributed by atoms with Crippen LogP contribution in [0.15, 0.2) is 0 Å². The number of aliphatic hydroxyl groups is 1. The Hall–Kier alpha value is -0.720. The SMILES string of the molecule is O=C(NCC(O)C1CC1)c1nnc(Cl)s1. The first-order chi connectivity index (χ1) is 7.16. The van der Waals surface area contributed by atoms with Crippen molar-refractivity contribution in [1.82, 2.24) is 15.5 Å². The molecule has 0 aliphatic heterocycles. The van der Waals surface area contributed by atoms with Crippen LogP contribution in [0.25, 0.3) is 0 Å². The van der Waals surface area contributed by atoms with Gasteiger partial charge in [-0.25, -0.2) is 0 Å². The number of hydrogen-bond donors (Lipinski definition) is 2. The number of hydrogen-bond acceptors (Lipinski definition) is 5. The van der Waals surface area contributed by atoms with E-state index in [1.54, 1.807) is 0 Å². The van der Waals surface area contributed by atoms with Gasteiger partial charge in [0.1, 0.15) is 0 Å². The van der Waals surface area contributed by atoms with E-state index >= 15 is 0 Å². The molecule has 1 amide bonds. The molecule has 1 atom stereocenters. The van der Waals surface area contributed by atoms with Crippen molar-refractivity contribution in [3.63, 3.8) is 0 Å². The van der Waals surface area contributed by atoms with Gasteiger partial charge in [-0.05, 0) is 30.4 Å². The van der Waals surface area contributed by atoms with Crippen LogP contribution in [0.3, 0.4) is 0 Å². The van der Waals surface area contributed by atoms with Crippen LogP contribution < -0.4 is 5.32 Å². The molecule has 5 nitrogen and oxygen atoms in total. The minimum Gasteiger partial charge on any atom is -0.391 e. The summed E-state index contributed by atoms with van der Waals surface area (Å²) < 4.78 is 0.239. The Morgan fingerprint density at radius 3 is 2.93 bits per heavy atom. The number of carbonyl (C=O) groups excluding carboxylic acids is 1. The molecule has 0 saturated heterocycles. The Morgan fingerprint density at radius 1 is 1.67 bits per heavy atom. The highest BCUT2D eigenvalue weighted by Gasteiger charge is 2.29. The highest BCUT2D eigenvalue weighted by molar-refractivity contribution is 7.17. The summed E-state index contributed by atoms with van der Waals surface area (Å²) in [5.74, 6) is 0.0161. The molecule has 82 valence electrons. The number of halogens is 1. The van der Waals surface area contributed by atoms with Gasteiger partial charge >= 0.3 is 0 Å². The third kappa shape index (κ3) is 2.87. The minimum atomic E-state index is -0.447. The van der Waals surface area contributed by atoms with Crippen LogP contribution in [-0.4, -0.2) is 33.9 Å². The van der Waals surface area contributed by atoms with E-state index in [2.05, 4.69) is 15.5 Å². The van der Waals surface area contributed by atoms with Crippen LogP contribution >= 0.6 is 22.9 Å². The van der Waals surface area contributed by atoms with E-state index < -0.39 is 6.10 Å². The van der Waals surface area contributed by atoms with E-state index in [0.29, 0.717) is 5.92 Å². The summed E-state index contributed by atoms with van der Waals surface area (Å²) in [6.45, 7) is 0.265. The smallest absolute Gasteiger partial charge is 0.282 e. The Kier molecular flexibility index (Phi) is 3.18. The molecule has 1 aromatic rings. The molecule has 1 aromatic heterocycles. The summed E-state index contributed by atoms with van der Waals surface area (Å²) >= 11 is 6.56. The third-order valence-electron chi connectivity index (χ3n) is 2.23. The first-order valence-electron chi connectivity index (χ1n) is 4.62. The summed E-state index contributed by atoms with van der Waals surface area (Å²) in [5.41, 5.74) is 0. The lowest BCUT2D eigenvalue weighted by molar-refractivity contribution is 0.0900. The van der Waals surface area contributed by atoms with Gasteiger partial charge in [-0.1, -0.05) is 11.3 Å². The Morgan fingerprint density at radius 2 is 2.40 bits per heavy atom. The predicted octanol–water partition coefficient (Wildman–Crippen LogP) is 0.692. The van der Waals surface area contributed by atoms with Gasteiger partial charge < -0.3 is 10.4 Å². The lowest BCUT2D eigenvalue weighted by atomic mass is 10.2. The fourth-order valence-electron chi connectivity index (χ4n) is 1.22. The molecular weight excluding hydrogens is 238 g/mol. The monoisotopic (exact) mass is 247 g/mol. The molecule has 1 aliphatic carbocycles. The molecule has 0 radical (unpaired) electrons. The fraction of sp³-hybridized carbons (Fsp3) is 0.625. The second-order valence-electron chi connectivity index (χ2n) is 3.47. The highest BCUT2D eigenvalue weighted by Crippen LogP contribution is 2.32. The molecule has 2 rings (SSSR count). The molecule has 15 heavy (non-hydrogen) atoms. The van der Waals surface area contributed by atoms with E-state index in [0.717, 1.165) is 24.2 Å². The molecule has 0 bridgehead atoms. The van der Waals surface area contributed by atoms with Gasteiger partial charge in [0.2, 0.25) is 9.47 Å².